The summed E-state index contributed by atoms with van der Waals surface area (Å²) in [5, 5.41) is 3.34. The average Bonchev–Trinajstić information content (AvgIpc) is 3.45. The first-order valence-corrected chi connectivity index (χ1v) is 9.74. The van der Waals surface area contributed by atoms with Gasteiger partial charge in [-0.2, -0.15) is 0 Å². The van der Waals surface area contributed by atoms with Crippen LogP contribution in [0.2, 0.25) is 0 Å². The van der Waals surface area contributed by atoms with Gasteiger partial charge in [-0.15, -0.1) is 0 Å². The van der Waals surface area contributed by atoms with Crippen molar-refractivity contribution in [2.75, 3.05) is 5.32 Å². The highest BCUT2D eigenvalue weighted by molar-refractivity contribution is 5.54. The van der Waals surface area contributed by atoms with Crippen LogP contribution in [-0.4, -0.2) is 0 Å². The first-order valence-electron chi connectivity index (χ1n) is 9.74. The second-order valence-electron chi connectivity index (χ2n) is 6.05. The molecule has 136 valence electrons. The number of allylic oxidation sites excluding steroid dienone is 7. The van der Waals surface area contributed by atoms with E-state index in [2.05, 4.69) is 74.7 Å². The zero-order valence-electron chi connectivity index (χ0n) is 17.1. The van der Waals surface area contributed by atoms with E-state index in [-0.39, 0.29) is 0 Å². The van der Waals surface area contributed by atoms with E-state index in [0.717, 1.165) is 17.5 Å². The Kier molecular flexibility index (Phi) is 9.05. The molecule has 0 heterocycles. The maximum atomic E-state index is 3.34. The van der Waals surface area contributed by atoms with Crippen molar-refractivity contribution >= 4 is 5.69 Å². The lowest BCUT2D eigenvalue weighted by Crippen LogP contribution is -1.99. The van der Waals surface area contributed by atoms with Crippen molar-refractivity contribution in [3.05, 3.63) is 77.1 Å². The number of hydrogen-bond acceptors (Lipinski definition) is 1. The minimum atomic E-state index is 0.781. The summed E-state index contributed by atoms with van der Waals surface area (Å²) in [5.74, 6) is 1.59. The molecule has 1 heteroatoms. The topological polar surface area (TPSA) is 12.0 Å². The first kappa shape index (κ1) is 21.0. The number of anilines is 1. The van der Waals surface area contributed by atoms with Gasteiger partial charge in [-0.1, -0.05) is 63.6 Å². The Labute approximate surface area is 155 Å². The van der Waals surface area contributed by atoms with E-state index in [1.165, 1.54) is 28.7 Å². The third-order valence-corrected chi connectivity index (χ3v) is 4.43. The Morgan fingerprint density at radius 1 is 1.08 bits per heavy atom. The molecule has 1 nitrogen and oxygen atoms in total. The molecule has 0 bridgehead atoms. The van der Waals surface area contributed by atoms with Crippen LogP contribution < -0.4 is 5.32 Å². The molecular weight excluding hydrogens is 302 g/mol. The number of rotatable bonds is 3. The molecule has 2 atom stereocenters. The largest absolute Gasteiger partial charge is 0.362 e. The number of hydrogen-bond donors (Lipinski definition) is 1. The van der Waals surface area contributed by atoms with E-state index in [1.807, 2.05) is 33.9 Å². The second kappa shape index (κ2) is 10.8. The fourth-order valence-corrected chi connectivity index (χ4v) is 3.03. The van der Waals surface area contributed by atoms with Gasteiger partial charge < -0.3 is 5.32 Å². The van der Waals surface area contributed by atoms with Crippen molar-refractivity contribution in [2.24, 2.45) is 11.8 Å². The fourth-order valence-electron chi connectivity index (χ4n) is 3.03. The zero-order valence-corrected chi connectivity index (χ0v) is 17.1. The summed E-state index contributed by atoms with van der Waals surface area (Å²) < 4.78 is 0. The predicted molar refractivity (Wildman–Crippen MR) is 114 cm³/mol. The number of fused-ring (bicyclic) bond motifs is 1. The first-order chi connectivity index (χ1) is 12.2. The fraction of sp³-hybridized carbons (Fsp3) is 0.417. The van der Waals surface area contributed by atoms with Crippen molar-refractivity contribution in [3.63, 3.8) is 0 Å². The van der Waals surface area contributed by atoms with Crippen LogP contribution in [0.4, 0.5) is 5.69 Å². The maximum Gasteiger partial charge on any atom is 0.0379 e. The van der Waals surface area contributed by atoms with Crippen molar-refractivity contribution in [1.82, 2.24) is 0 Å². The third kappa shape index (κ3) is 5.77. The summed E-state index contributed by atoms with van der Waals surface area (Å²) in [6.45, 7) is 14.5. The molecule has 1 aromatic carbocycles. The molecule has 0 aliphatic heterocycles. The smallest absolute Gasteiger partial charge is 0.0379 e. The standard InChI is InChI=1S/C20H23N.2C2H6/c1-4-18-19(10-7-16-13-20(16)18)15(3)11-12-21-17-8-5-14(2)6-9-17;2*1-2/h4-12,16,20-21H,13H2,1-3H3;2*1-2H3/b12-11+,18-4+,19-15-;;. The Morgan fingerprint density at radius 3 is 2.32 bits per heavy atom. The normalized spacial score (nSPS) is 23.9. The minimum absolute atomic E-state index is 0.781. The summed E-state index contributed by atoms with van der Waals surface area (Å²) in [7, 11) is 0. The van der Waals surface area contributed by atoms with Gasteiger partial charge in [-0.3, -0.25) is 0 Å². The molecule has 0 radical (unpaired) electrons. The Morgan fingerprint density at radius 2 is 1.72 bits per heavy atom. The van der Waals surface area contributed by atoms with Crippen molar-refractivity contribution in [3.8, 4) is 0 Å². The molecule has 0 spiro atoms. The minimum Gasteiger partial charge on any atom is -0.362 e. The Balaban J connectivity index is 0.000000730. The van der Waals surface area contributed by atoms with E-state index in [0.29, 0.717) is 0 Å². The summed E-state index contributed by atoms with van der Waals surface area (Å²) >= 11 is 0. The molecular formula is C24H35N. The van der Waals surface area contributed by atoms with Crippen LogP contribution >= 0.6 is 0 Å². The quantitative estimate of drug-likeness (QED) is 0.604. The van der Waals surface area contributed by atoms with Crippen LogP contribution in [0.5, 0.6) is 0 Å². The number of nitrogens with one attached hydrogen (secondary N) is 1. The summed E-state index contributed by atoms with van der Waals surface area (Å²) in [4.78, 5) is 0. The molecule has 0 amide bonds. The van der Waals surface area contributed by atoms with Gasteiger partial charge in [0, 0.05) is 11.9 Å². The van der Waals surface area contributed by atoms with Crippen LogP contribution in [0.25, 0.3) is 0 Å². The van der Waals surface area contributed by atoms with Gasteiger partial charge in [0.05, 0.1) is 0 Å². The van der Waals surface area contributed by atoms with Crippen molar-refractivity contribution in [2.45, 2.75) is 54.9 Å². The monoisotopic (exact) mass is 337 g/mol. The maximum absolute atomic E-state index is 3.34. The SMILES string of the molecule is CC.CC.C\C=C1/C(=C(C)\C=C\Nc2ccc(C)cc2)C=CC2CC12. The van der Waals surface area contributed by atoms with E-state index in [4.69, 9.17) is 0 Å². The lowest BCUT2D eigenvalue weighted by atomic mass is 9.91. The van der Waals surface area contributed by atoms with Crippen LogP contribution in [0.15, 0.2) is 71.5 Å². The molecule has 25 heavy (non-hydrogen) atoms. The highest BCUT2D eigenvalue weighted by atomic mass is 14.8. The van der Waals surface area contributed by atoms with E-state index in [1.54, 1.807) is 0 Å². The van der Waals surface area contributed by atoms with Gasteiger partial charge in [-0.25, -0.2) is 0 Å². The highest BCUT2D eigenvalue weighted by Crippen LogP contribution is 2.51. The van der Waals surface area contributed by atoms with Gasteiger partial charge >= 0.3 is 0 Å². The average molecular weight is 338 g/mol. The van der Waals surface area contributed by atoms with Gasteiger partial charge in [0.15, 0.2) is 0 Å². The van der Waals surface area contributed by atoms with Crippen LogP contribution in [0, 0.1) is 18.8 Å². The number of benzene rings is 1. The van der Waals surface area contributed by atoms with Crippen LogP contribution in [-0.2, 0) is 0 Å². The van der Waals surface area contributed by atoms with Gasteiger partial charge in [0.2, 0.25) is 0 Å². The third-order valence-electron chi connectivity index (χ3n) is 4.43. The molecule has 0 saturated heterocycles. The van der Waals surface area contributed by atoms with E-state index >= 15 is 0 Å². The van der Waals surface area contributed by atoms with Crippen LogP contribution in [0.1, 0.15) is 53.5 Å². The number of aryl methyl sites for hydroxylation is 1. The molecule has 2 aliphatic rings. The van der Waals surface area contributed by atoms with Gasteiger partial charge in [0.25, 0.3) is 0 Å². The molecule has 1 fully saturated rings. The highest BCUT2D eigenvalue weighted by Gasteiger charge is 2.40. The van der Waals surface area contributed by atoms with E-state index < -0.39 is 0 Å². The molecule has 2 aliphatic carbocycles. The molecule has 3 rings (SSSR count). The summed E-state index contributed by atoms with van der Waals surface area (Å²) in [6, 6.07) is 8.46. The van der Waals surface area contributed by atoms with Gasteiger partial charge in [0.1, 0.15) is 0 Å². The molecule has 0 aromatic heterocycles. The Hall–Kier alpha value is -2.02. The molecule has 1 saturated carbocycles. The van der Waals surface area contributed by atoms with Crippen molar-refractivity contribution < 1.29 is 0 Å². The van der Waals surface area contributed by atoms with Gasteiger partial charge in [-0.05, 0) is 74.0 Å². The Bertz CT molecular complexity index is 641. The zero-order chi connectivity index (χ0) is 18.8. The van der Waals surface area contributed by atoms with Crippen LogP contribution in [0.3, 0.4) is 0 Å². The summed E-state index contributed by atoms with van der Waals surface area (Å²) in [5.41, 5.74) is 6.66. The second-order valence-corrected chi connectivity index (χ2v) is 6.05. The van der Waals surface area contributed by atoms with Crippen molar-refractivity contribution in [1.29, 1.82) is 0 Å². The summed E-state index contributed by atoms with van der Waals surface area (Å²) in [6.07, 6.45) is 12.5. The lowest BCUT2D eigenvalue weighted by Gasteiger charge is -2.14. The molecule has 1 N–H and O–H groups in total. The predicted octanol–water partition coefficient (Wildman–Crippen LogP) is 7.44. The molecule has 1 aromatic rings. The molecule has 2 unspecified atom stereocenters. The van der Waals surface area contributed by atoms with E-state index in [9.17, 15) is 0 Å². The lowest BCUT2D eigenvalue weighted by molar-refractivity contribution is 0.909.